The summed E-state index contributed by atoms with van der Waals surface area (Å²) in [6, 6.07) is 12.0. The summed E-state index contributed by atoms with van der Waals surface area (Å²) in [6.45, 7) is 3.33. The van der Waals surface area contributed by atoms with Crippen molar-refractivity contribution < 1.29 is 0 Å². The third-order valence-electron chi connectivity index (χ3n) is 5.17. The highest BCUT2D eigenvalue weighted by molar-refractivity contribution is 14.0. The van der Waals surface area contributed by atoms with Crippen LogP contribution < -0.4 is 10.6 Å². The Balaban J connectivity index is 0.00000208. The van der Waals surface area contributed by atoms with Crippen LogP contribution in [0.4, 0.5) is 0 Å². The zero-order chi connectivity index (χ0) is 15.9. The van der Waals surface area contributed by atoms with Crippen LogP contribution in [0.1, 0.15) is 37.7 Å². The van der Waals surface area contributed by atoms with Crippen molar-refractivity contribution in [2.45, 2.75) is 50.6 Å². The van der Waals surface area contributed by atoms with E-state index in [0.717, 1.165) is 25.0 Å². The summed E-state index contributed by atoms with van der Waals surface area (Å²) in [5, 5.41) is 7.05. The molecule has 1 saturated heterocycles. The molecule has 2 aliphatic rings. The van der Waals surface area contributed by atoms with Gasteiger partial charge in [0, 0.05) is 38.8 Å². The monoisotopic (exact) mass is 442 g/mol. The van der Waals surface area contributed by atoms with Crippen molar-refractivity contribution in [3.05, 3.63) is 35.9 Å². The Morgan fingerprint density at radius 1 is 1.17 bits per heavy atom. The van der Waals surface area contributed by atoms with Crippen molar-refractivity contribution >= 4 is 29.9 Å². The molecule has 1 aromatic carbocycles. The molecule has 0 bridgehead atoms. The lowest BCUT2D eigenvalue weighted by atomic mass is 10.1. The molecule has 1 aliphatic heterocycles. The summed E-state index contributed by atoms with van der Waals surface area (Å²) < 4.78 is 0. The maximum absolute atomic E-state index is 4.38. The van der Waals surface area contributed by atoms with E-state index < -0.39 is 0 Å². The molecule has 5 heteroatoms. The third kappa shape index (κ3) is 5.62. The Morgan fingerprint density at radius 2 is 1.92 bits per heavy atom. The minimum atomic E-state index is 0. The van der Waals surface area contributed by atoms with Crippen molar-refractivity contribution in [2.24, 2.45) is 4.99 Å². The molecule has 0 spiro atoms. The van der Waals surface area contributed by atoms with E-state index in [2.05, 4.69) is 50.9 Å². The predicted octanol–water partition coefficient (Wildman–Crippen LogP) is 3.03. The van der Waals surface area contributed by atoms with Crippen LogP contribution in [0.5, 0.6) is 0 Å². The van der Waals surface area contributed by atoms with Crippen LogP contribution in [0.3, 0.4) is 0 Å². The Bertz CT molecular complexity index is 499. The van der Waals surface area contributed by atoms with Crippen LogP contribution in [-0.2, 0) is 6.42 Å². The highest BCUT2D eigenvalue weighted by Crippen LogP contribution is 2.26. The Labute approximate surface area is 163 Å². The fourth-order valence-electron chi connectivity index (χ4n) is 3.86. The first-order valence-corrected chi connectivity index (χ1v) is 9.10. The lowest BCUT2D eigenvalue weighted by molar-refractivity contribution is 0.242. The molecule has 1 aromatic rings. The number of hydrogen-bond donors (Lipinski definition) is 2. The van der Waals surface area contributed by atoms with E-state index in [1.165, 1.54) is 50.8 Å². The minimum absolute atomic E-state index is 0. The van der Waals surface area contributed by atoms with E-state index in [9.17, 15) is 0 Å². The quantitative estimate of drug-likeness (QED) is 0.419. The Hall–Kier alpha value is -0.820. The second-order valence-corrected chi connectivity index (χ2v) is 6.80. The molecule has 1 saturated carbocycles. The smallest absolute Gasteiger partial charge is 0.191 e. The molecule has 0 radical (unpaired) electrons. The molecule has 2 N–H and O–H groups in total. The van der Waals surface area contributed by atoms with Gasteiger partial charge in [-0.2, -0.15) is 0 Å². The van der Waals surface area contributed by atoms with Gasteiger partial charge in [0.05, 0.1) is 0 Å². The van der Waals surface area contributed by atoms with Crippen LogP contribution in [-0.4, -0.2) is 49.6 Å². The first-order chi connectivity index (χ1) is 11.3. The van der Waals surface area contributed by atoms with Crippen molar-refractivity contribution in [3.63, 3.8) is 0 Å². The summed E-state index contributed by atoms with van der Waals surface area (Å²) in [7, 11) is 1.86. The lowest BCUT2D eigenvalue weighted by Gasteiger charge is -2.24. The highest BCUT2D eigenvalue weighted by Gasteiger charge is 2.30. The number of aliphatic imine (C=N–C) groups is 1. The number of nitrogens with zero attached hydrogens (tertiary/aromatic N) is 2. The van der Waals surface area contributed by atoms with Crippen LogP contribution >= 0.6 is 24.0 Å². The van der Waals surface area contributed by atoms with Gasteiger partial charge >= 0.3 is 0 Å². The molecule has 24 heavy (non-hydrogen) atoms. The number of rotatable bonds is 5. The fourth-order valence-corrected chi connectivity index (χ4v) is 3.86. The number of guanidine groups is 1. The van der Waals surface area contributed by atoms with Crippen LogP contribution in [0, 0.1) is 0 Å². The standard InChI is InChI=1S/C19H30N4.HI/c1-20-19(21-13-11-16-7-3-2-4-8-16)22-17-12-14-23(15-17)18-9-5-6-10-18;/h2-4,7-8,17-18H,5-6,9-15H2,1H3,(H2,20,21,22);1H. The van der Waals surface area contributed by atoms with E-state index in [1.807, 2.05) is 7.05 Å². The van der Waals surface area contributed by atoms with E-state index in [-0.39, 0.29) is 24.0 Å². The molecule has 4 nitrogen and oxygen atoms in total. The number of likely N-dealkylation sites (tertiary alicyclic amines) is 1. The molecule has 1 unspecified atom stereocenters. The van der Waals surface area contributed by atoms with E-state index in [4.69, 9.17) is 0 Å². The molecule has 1 heterocycles. The van der Waals surface area contributed by atoms with Crippen LogP contribution in [0.2, 0.25) is 0 Å². The molecule has 0 amide bonds. The van der Waals surface area contributed by atoms with Gasteiger partial charge in [0.2, 0.25) is 0 Å². The van der Waals surface area contributed by atoms with Gasteiger partial charge in [-0.3, -0.25) is 9.89 Å². The van der Waals surface area contributed by atoms with Gasteiger partial charge in [0.15, 0.2) is 5.96 Å². The Kier molecular flexibility index (Phi) is 8.32. The van der Waals surface area contributed by atoms with Crippen LogP contribution in [0.15, 0.2) is 35.3 Å². The van der Waals surface area contributed by atoms with E-state index in [0.29, 0.717) is 6.04 Å². The summed E-state index contributed by atoms with van der Waals surface area (Å²) in [6.07, 6.45) is 7.90. The van der Waals surface area contributed by atoms with Gasteiger partial charge in [-0.1, -0.05) is 43.2 Å². The summed E-state index contributed by atoms with van der Waals surface area (Å²) in [5.41, 5.74) is 1.36. The largest absolute Gasteiger partial charge is 0.356 e. The zero-order valence-corrected chi connectivity index (χ0v) is 17.0. The average molecular weight is 442 g/mol. The number of hydrogen-bond acceptors (Lipinski definition) is 2. The molecule has 1 aliphatic carbocycles. The van der Waals surface area contributed by atoms with Crippen molar-refractivity contribution in [3.8, 4) is 0 Å². The Morgan fingerprint density at radius 3 is 2.62 bits per heavy atom. The second kappa shape index (κ2) is 10.2. The SMILES string of the molecule is CN=C(NCCc1ccccc1)NC1CCN(C2CCCC2)C1.I. The third-order valence-corrected chi connectivity index (χ3v) is 5.17. The second-order valence-electron chi connectivity index (χ2n) is 6.80. The summed E-state index contributed by atoms with van der Waals surface area (Å²) >= 11 is 0. The van der Waals surface area contributed by atoms with E-state index >= 15 is 0 Å². The van der Waals surface area contributed by atoms with Crippen LogP contribution in [0.25, 0.3) is 0 Å². The summed E-state index contributed by atoms with van der Waals surface area (Å²) in [5.74, 6) is 0.944. The first-order valence-electron chi connectivity index (χ1n) is 9.10. The highest BCUT2D eigenvalue weighted by atomic mass is 127. The molecule has 3 rings (SSSR count). The first kappa shape index (κ1) is 19.5. The van der Waals surface area contributed by atoms with Crippen molar-refractivity contribution in [1.82, 2.24) is 15.5 Å². The fraction of sp³-hybridized carbons (Fsp3) is 0.632. The number of benzene rings is 1. The molecular weight excluding hydrogens is 411 g/mol. The topological polar surface area (TPSA) is 39.7 Å². The van der Waals surface area contributed by atoms with Gasteiger partial charge in [0.25, 0.3) is 0 Å². The predicted molar refractivity (Wildman–Crippen MR) is 112 cm³/mol. The minimum Gasteiger partial charge on any atom is -0.356 e. The molecular formula is C19H31IN4. The normalized spacial score (nSPS) is 22.4. The molecule has 0 aromatic heterocycles. The van der Waals surface area contributed by atoms with Crippen molar-refractivity contribution in [1.29, 1.82) is 0 Å². The zero-order valence-electron chi connectivity index (χ0n) is 14.7. The maximum Gasteiger partial charge on any atom is 0.191 e. The molecule has 2 fully saturated rings. The number of halogens is 1. The maximum atomic E-state index is 4.38. The van der Waals surface area contributed by atoms with Gasteiger partial charge in [-0.05, 0) is 31.2 Å². The van der Waals surface area contributed by atoms with Gasteiger partial charge < -0.3 is 10.6 Å². The molecule has 1 atom stereocenters. The summed E-state index contributed by atoms with van der Waals surface area (Å²) in [4.78, 5) is 7.06. The van der Waals surface area contributed by atoms with Gasteiger partial charge in [-0.15, -0.1) is 24.0 Å². The van der Waals surface area contributed by atoms with Gasteiger partial charge in [0.1, 0.15) is 0 Å². The van der Waals surface area contributed by atoms with Crippen molar-refractivity contribution in [2.75, 3.05) is 26.7 Å². The lowest BCUT2D eigenvalue weighted by Crippen LogP contribution is -2.45. The molecule has 134 valence electrons. The average Bonchev–Trinajstić information content (AvgIpc) is 3.26. The number of nitrogens with one attached hydrogen (secondary N) is 2. The van der Waals surface area contributed by atoms with E-state index in [1.54, 1.807) is 0 Å². The van der Waals surface area contributed by atoms with Gasteiger partial charge in [-0.25, -0.2) is 0 Å².